The summed E-state index contributed by atoms with van der Waals surface area (Å²) in [6.07, 6.45) is 1.68. The summed E-state index contributed by atoms with van der Waals surface area (Å²) in [6.45, 7) is 6.53. The third-order valence-corrected chi connectivity index (χ3v) is 11.3. The standard InChI is InChI=1S/C34H30F2N4O5S2/c1-4-29(41)39-18-23-16-26(38-40(23)17-19(39)2)33-31(30-25(36)14-22(35)15-27(30)45-10-9-44-3)34-24(7-11-46-34)32(37-33)21-5-6-28-20(13-21)8-12-47(28,42)43/h4-7,11,13-16,19H,1,8-10,12,17-18H2,2-3H3/t19-/m1/s1. The third kappa shape index (κ3) is 5.41. The van der Waals surface area contributed by atoms with E-state index in [0.29, 0.717) is 56.2 Å². The molecular weight excluding hydrogens is 647 g/mol. The number of carbonyl (C=O) groups excluding carboxylic acids is 1. The van der Waals surface area contributed by atoms with Gasteiger partial charge in [-0.3, -0.25) is 9.48 Å². The minimum absolute atomic E-state index is 0.00635. The van der Waals surface area contributed by atoms with Crippen molar-refractivity contribution in [2.45, 2.75) is 37.4 Å². The average Bonchev–Trinajstić information content (AvgIpc) is 3.77. The summed E-state index contributed by atoms with van der Waals surface area (Å²) in [7, 11) is -1.83. The number of rotatable bonds is 8. The van der Waals surface area contributed by atoms with Gasteiger partial charge in [0.1, 0.15) is 35.4 Å². The summed E-state index contributed by atoms with van der Waals surface area (Å²) in [5, 5.41) is 7.47. The van der Waals surface area contributed by atoms with Gasteiger partial charge in [0, 0.05) is 46.5 Å². The number of thiophene rings is 1. The topological polar surface area (TPSA) is 104 Å². The largest absolute Gasteiger partial charge is 0.490 e. The van der Waals surface area contributed by atoms with Gasteiger partial charge in [0.25, 0.3) is 0 Å². The van der Waals surface area contributed by atoms with E-state index in [1.807, 2.05) is 35.2 Å². The van der Waals surface area contributed by atoms with Crippen LogP contribution in [0, 0.1) is 11.6 Å². The zero-order valence-electron chi connectivity index (χ0n) is 25.6. The van der Waals surface area contributed by atoms with Crippen LogP contribution in [0.25, 0.3) is 43.9 Å². The molecule has 0 saturated carbocycles. The van der Waals surface area contributed by atoms with Crippen LogP contribution in [0.4, 0.5) is 8.78 Å². The molecule has 2 aromatic carbocycles. The summed E-state index contributed by atoms with van der Waals surface area (Å²) < 4.78 is 69.2. The molecule has 0 unspecified atom stereocenters. The van der Waals surface area contributed by atoms with Gasteiger partial charge >= 0.3 is 0 Å². The number of sulfone groups is 1. The lowest BCUT2D eigenvalue weighted by Crippen LogP contribution is -2.44. The summed E-state index contributed by atoms with van der Waals surface area (Å²) in [5.74, 6) is -1.77. The summed E-state index contributed by atoms with van der Waals surface area (Å²) in [6, 6.07) is 10.7. The smallest absolute Gasteiger partial charge is 0.246 e. The third-order valence-electron chi connectivity index (χ3n) is 8.60. The van der Waals surface area contributed by atoms with Gasteiger partial charge in [-0.25, -0.2) is 22.2 Å². The van der Waals surface area contributed by atoms with Crippen LogP contribution >= 0.6 is 11.3 Å². The van der Waals surface area contributed by atoms with Crippen LogP contribution in [0.1, 0.15) is 18.2 Å². The summed E-state index contributed by atoms with van der Waals surface area (Å²) in [5.41, 5.74) is 3.93. The van der Waals surface area contributed by atoms with E-state index in [9.17, 15) is 17.6 Å². The van der Waals surface area contributed by atoms with Gasteiger partial charge in [-0.15, -0.1) is 11.3 Å². The number of halogens is 2. The molecule has 5 heterocycles. The van der Waals surface area contributed by atoms with Crippen LogP contribution in [-0.4, -0.2) is 66.1 Å². The normalized spacial score (nSPS) is 16.7. The minimum atomic E-state index is -3.33. The Labute approximate surface area is 274 Å². The number of ether oxygens (including phenoxy) is 2. The van der Waals surface area contributed by atoms with Crippen molar-refractivity contribution in [2.24, 2.45) is 0 Å². The molecule has 0 saturated heterocycles. The van der Waals surface area contributed by atoms with E-state index >= 15 is 4.39 Å². The van der Waals surface area contributed by atoms with E-state index < -0.39 is 21.5 Å². The molecule has 13 heteroatoms. The van der Waals surface area contributed by atoms with Gasteiger partial charge < -0.3 is 14.4 Å². The monoisotopic (exact) mass is 676 g/mol. The molecule has 2 aliphatic rings. The quantitative estimate of drug-likeness (QED) is 0.146. The number of fused-ring (bicyclic) bond motifs is 3. The Kier molecular flexibility index (Phi) is 7.93. The van der Waals surface area contributed by atoms with Crippen LogP contribution in [0.3, 0.4) is 0 Å². The maximum atomic E-state index is 16.0. The van der Waals surface area contributed by atoms with Crippen molar-refractivity contribution in [3.63, 3.8) is 0 Å². The lowest BCUT2D eigenvalue weighted by atomic mass is 9.96. The fourth-order valence-corrected chi connectivity index (χ4v) is 8.82. The molecule has 9 nitrogen and oxygen atoms in total. The zero-order valence-corrected chi connectivity index (χ0v) is 27.3. The van der Waals surface area contributed by atoms with Gasteiger partial charge in [0.05, 0.1) is 47.3 Å². The maximum absolute atomic E-state index is 16.0. The highest BCUT2D eigenvalue weighted by Gasteiger charge is 2.31. The van der Waals surface area contributed by atoms with Crippen LogP contribution in [0.5, 0.6) is 5.75 Å². The van der Waals surface area contributed by atoms with Crippen molar-refractivity contribution in [3.05, 3.63) is 83.4 Å². The Morgan fingerprint density at radius 3 is 2.74 bits per heavy atom. The van der Waals surface area contributed by atoms with Crippen LogP contribution in [0.2, 0.25) is 0 Å². The van der Waals surface area contributed by atoms with Gasteiger partial charge in [-0.1, -0.05) is 12.6 Å². The highest BCUT2D eigenvalue weighted by Crippen LogP contribution is 2.47. The van der Waals surface area contributed by atoms with Crippen LogP contribution < -0.4 is 4.74 Å². The number of carbonyl (C=O) groups is 1. The van der Waals surface area contributed by atoms with Crippen molar-refractivity contribution in [3.8, 4) is 39.5 Å². The molecule has 7 rings (SSSR count). The summed E-state index contributed by atoms with van der Waals surface area (Å²) in [4.78, 5) is 19.7. The first-order valence-corrected chi connectivity index (χ1v) is 17.5. The predicted molar refractivity (Wildman–Crippen MR) is 175 cm³/mol. The van der Waals surface area contributed by atoms with Crippen molar-refractivity contribution < 1.29 is 31.5 Å². The van der Waals surface area contributed by atoms with E-state index in [2.05, 4.69) is 6.58 Å². The Balaban J connectivity index is 1.48. The fourth-order valence-electron chi connectivity index (χ4n) is 6.33. The van der Waals surface area contributed by atoms with Crippen molar-refractivity contribution in [2.75, 3.05) is 26.1 Å². The molecule has 242 valence electrons. The SMILES string of the molecule is C=CC(=O)N1Cc2cc(-c3nc(-c4ccc5c(c4)CCS5(=O)=O)c4ccsc4c3-c3c(F)cc(F)cc3OCCOC)nn2C[C@H]1C. The molecule has 5 aromatic rings. The van der Waals surface area contributed by atoms with Crippen molar-refractivity contribution in [1.82, 2.24) is 19.7 Å². The second-order valence-electron chi connectivity index (χ2n) is 11.6. The second kappa shape index (κ2) is 12.0. The Bertz CT molecular complexity index is 2190. The molecule has 0 N–H and O–H groups in total. The Morgan fingerprint density at radius 1 is 1.13 bits per heavy atom. The number of aryl methyl sites for hydroxylation is 1. The second-order valence-corrected chi connectivity index (χ2v) is 14.6. The molecular formula is C34H30F2N4O5S2. The molecule has 0 spiro atoms. The number of amides is 1. The molecule has 0 fully saturated rings. The van der Waals surface area contributed by atoms with Gasteiger partial charge in [-0.2, -0.15) is 5.10 Å². The van der Waals surface area contributed by atoms with E-state index in [4.69, 9.17) is 19.6 Å². The van der Waals surface area contributed by atoms with Gasteiger partial charge in [0.15, 0.2) is 9.84 Å². The van der Waals surface area contributed by atoms with Crippen LogP contribution in [-0.2, 0) is 38.9 Å². The lowest BCUT2D eigenvalue weighted by Gasteiger charge is -2.33. The number of methoxy groups -OCH3 is 1. The molecule has 0 radical (unpaired) electrons. The molecule has 0 bridgehead atoms. The first-order valence-electron chi connectivity index (χ1n) is 15.0. The van der Waals surface area contributed by atoms with E-state index in [1.165, 1.54) is 24.5 Å². The summed E-state index contributed by atoms with van der Waals surface area (Å²) >= 11 is 1.37. The van der Waals surface area contributed by atoms with E-state index in [1.54, 1.807) is 17.0 Å². The first-order chi connectivity index (χ1) is 22.6. The first kappa shape index (κ1) is 31.2. The number of benzene rings is 2. The van der Waals surface area contributed by atoms with Crippen LogP contribution in [0.15, 0.2) is 65.4 Å². The molecule has 47 heavy (non-hydrogen) atoms. The highest BCUT2D eigenvalue weighted by molar-refractivity contribution is 7.91. The highest BCUT2D eigenvalue weighted by atomic mass is 32.2. The number of hydrogen-bond acceptors (Lipinski definition) is 8. The van der Waals surface area contributed by atoms with Gasteiger partial charge in [0.2, 0.25) is 5.91 Å². The Hall–Kier alpha value is -4.46. The van der Waals surface area contributed by atoms with Crippen molar-refractivity contribution >= 4 is 37.2 Å². The van der Waals surface area contributed by atoms with Gasteiger partial charge in [-0.05, 0) is 54.6 Å². The molecule has 1 atom stereocenters. The fraction of sp³-hybridized carbons (Fsp3) is 0.265. The lowest BCUT2D eigenvalue weighted by molar-refractivity contribution is -0.129. The molecule has 1 amide bonds. The Morgan fingerprint density at radius 2 is 1.96 bits per heavy atom. The number of nitrogens with zero attached hydrogens (tertiary/aromatic N) is 4. The molecule has 3 aromatic heterocycles. The number of aromatic nitrogens is 3. The number of pyridine rings is 1. The van der Waals surface area contributed by atoms with E-state index in [-0.39, 0.29) is 48.8 Å². The average molecular weight is 677 g/mol. The zero-order chi connectivity index (χ0) is 33.0. The molecule has 2 aliphatic heterocycles. The van der Waals surface area contributed by atoms with E-state index in [0.717, 1.165) is 23.4 Å². The molecule has 0 aliphatic carbocycles. The number of hydrogen-bond donors (Lipinski definition) is 0. The van der Waals surface area contributed by atoms with Crippen molar-refractivity contribution in [1.29, 1.82) is 0 Å². The maximum Gasteiger partial charge on any atom is 0.246 e. The predicted octanol–water partition coefficient (Wildman–Crippen LogP) is 6.04. The minimum Gasteiger partial charge on any atom is -0.490 e.